The minimum atomic E-state index is -1.12. The maximum atomic E-state index is 12.5. The van der Waals surface area contributed by atoms with Crippen LogP contribution in [0.15, 0.2) is 42.5 Å². The van der Waals surface area contributed by atoms with Gasteiger partial charge in [0.25, 0.3) is 5.91 Å². The van der Waals surface area contributed by atoms with E-state index < -0.39 is 17.9 Å². The molecule has 2 N–H and O–H groups in total. The smallest absolute Gasteiger partial charge is 0.326 e. The first kappa shape index (κ1) is 19.6. The molecule has 0 saturated carbocycles. The molecule has 0 aromatic heterocycles. The Morgan fingerprint density at radius 2 is 1.92 bits per heavy atom. The molecule has 0 aliphatic carbocycles. The van der Waals surface area contributed by atoms with Crippen LogP contribution >= 0.6 is 11.6 Å². The van der Waals surface area contributed by atoms with E-state index in [0.717, 1.165) is 5.56 Å². The molecule has 1 atom stereocenters. The van der Waals surface area contributed by atoms with E-state index in [1.165, 1.54) is 19.2 Å². The minimum absolute atomic E-state index is 0.170. The first-order valence-corrected chi connectivity index (χ1v) is 8.42. The Balaban J connectivity index is 2.21. The lowest BCUT2D eigenvalue weighted by Crippen LogP contribution is -2.42. The largest absolute Gasteiger partial charge is 0.493 e. The van der Waals surface area contributed by atoms with E-state index >= 15 is 0 Å². The Kier molecular flexibility index (Phi) is 6.86. The van der Waals surface area contributed by atoms with Crippen LogP contribution in [0.3, 0.4) is 0 Å². The SMILES string of the molecule is CCOc1c(Cl)cc(C(=O)N[C@H](Cc2ccccc2)C(=O)O)cc1OC. The van der Waals surface area contributed by atoms with Crippen LogP contribution in [0.4, 0.5) is 0 Å². The van der Waals surface area contributed by atoms with Gasteiger partial charge in [-0.1, -0.05) is 41.9 Å². The summed E-state index contributed by atoms with van der Waals surface area (Å²) < 4.78 is 10.6. The van der Waals surface area contributed by atoms with Gasteiger partial charge < -0.3 is 19.9 Å². The second-order valence-corrected chi connectivity index (χ2v) is 5.88. The fraction of sp³-hybridized carbons (Fsp3) is 0.263. The third-order valence-corrected chi connectivity index (χ3v) is 3.95. The predicted molar refractivity (Wildman–Crippen MR) is 98.2 cm³/mol. The molecule has 1 amide bonds. The van der Waals surface area contributed by atoms with Crippen molar-refractivity contribution in [3.8, 4) is 11.5 Å². The Bertz CT molecular complexity index is 779. The first-order chi connectivity index (χ1) is 12.5. The van der Waals surface area contributed by atoms with Crippen molar-refractivity contribution < 1.29 is 24.2 Å². The molecule has 0 fully saturated rings. The lowest BCUT2D eigenvalue weighted by molar-refractivity contribution is -0.139. The molecular weight excluding hydrogens is 358 g/mol. The van der Waals surface area contributed by atoms with E-state index in [2.05, 4.69) is 5.32 Å². The number of carboxylic acids is 1. The number of hydrogen-bond donors (Lipinski definition) is 2. The Labute approximate surface area is 156 Å². The number of halogens is 1. The fourth-order valence-electron chi connectivity index (χ4n) is 2.43. The number of hydrogen-bond acceptors (Lipinski definition) is 4. The second kappa shape index (κ2) is 9.10. The third kappa shape index (κ3) is 4.89. The highest BCUT2D eigenvalue weighted by Crippen LogP contribution is 2.36. The van der Waals surface area contributed by atoms with E-state index in [-0.39, 0.29) is 17.0 Å². The molecule has 0 spiro atoms. The van der Waals surface area contributed by atoms with Crippen LogP contribution in [-0.2, 0) is 11.2 Å². The summed E-state index contributed by atoms with van der Waals surface area (Å²) >= 11 is 6.16. The molecule has 2 aromatic carbocycles. The van der Waals surface area contributed by atoms with Crippen molar-refractivity contribution in [1.29, 1.82) is 0 Å². The second-order valence-electron chi connectivity index (χ2n) is 5.48. The molecule has 0 heterocycles. The van der Waals surface area contributed by atoms with E-state index in [4.69, 9.17) is 21.1 Å². The van der Waals surface area contributed by atoms with Gasteiger partial charge in [-0.15, -0.1) is 0 Å². The first-order valence-electron chi connectivity index (χ1n) is 8.04. The van der Waals surface area contributed by atoms with Gasteiger partial charge >= 0.3 is 5.97 Å². The molecule has 0 unspecified atom stereocenters. The maximum absolute atomic E-state index is 12.5. The summed E-state index contributed by atoms with van der Waals surface area (Å²) in [5.74, 6) is -1.03. The van der Waals surface area contributed by atoms with Crippen molar-refractivity contribution in [3.63, 3.8) is 0 Å². The number of carbonyl (C=O) groups excluding carboxylic acids is 1. The molecule has 2 rings (SSSR count). The number of amides is 1. The van der Waals surface area contributed by atoms with Gasteiger partial charge in [-0.3, -0.25) is 4.79 Å². The van der Waals surface area contributed by atoms with E-state index in [9.17, 15) is 14.7 Å². The summed E-state index contributed by atoms with van der Waals surface area (Å²) in [6.45, 7) is 2.19. The Hall–Kier alpha value is -2.73. The molecule has 6 nitrogen and oxygen atoms in total. The van der Waals surface area contributed by atoms with Gasteiger partial charge in [-0.2, -0.15) is 0 Å². The molecular formula is C19H20ClNO5. The predicted octanol–water partition coefficient (Wildman–Crippen LogP) is 3.17. The van der Waals surface area contributed by atoms with Crippen LogP contribution in [0.1, 0.15) is 22.8 Å². The number of rotatable bonds is 8. The number of carbonyl (C=O) groups is 2. The average Bonchev–Trinajstić information content (AvgIpc) is 2.63. The molecule has 7 heteroatoms. The zero-order chi connectivity index (χ0) is 19.1. The van der Waals surface area contributed by atoms with Crippen molar-refractivity contribution in [2.45, 2.75) is 19.4 Å². The van der Waals surface area contributed by atoms with Crippen LogP contribution < -0.4 is 14.8 Å². The maximum Gasteiger partial charge on any atom is 0.326 e. The van der Waals surface area contributed by atoms with Gasteiger partial charge in [-0.05, 0) is 24.6 Å². The number of methoxy groups -OCH3 is 1. The highest BCUT2D eigenvalue weighted by molar-refractivity contribution is 6.32. The third-order valence-electron chi connectivity index (χ3n) is 3.67. The van der Waals surface area contributed by atoms with E-state index in [0.29, 0.717) is 18.1 Å². The van der Waals surface area contributed by atoms with Gasteiger partial charge in [0.2, 0.25) is 0 Å². The van der Waals surface area contributed by atoms with Crippen molar-refractivity contribution >= 4 is 23.5 Å². The van der Waals surface area contributed by atoms with Crippen LogP contribution in [0.2, 0.25) is 5.02 Å². The van der Waals surface area contributed by atoms with E-state index in [1.807, 2.05) is 18.2 Å². The molecule has 0 aliphatic rings. The normalized spacial score (nSPS) is 11.5. The molecule has 26 heavy (non-hydrogen) atoms. The summed E-state index contributed by atoms with van der Waals surface area (Å²) in [5, 5.41) is 12.1. The number of ether oxygens (including phenoxy) is 2. The lowest BCUT2D eigenvalue weighted by Gasteiger charge is -2.16. The van der Waals surface area contributed by atoms with Gasteiger partial charge in [0.15, 0.2) is 11.5 Å². The highest BCUT2D eigenvalue weighted by atomic mass is 35.5. The van der Waals surface area contributed by atoms with Crippen LogP contribution in [0.5, 0.6) is 11.5 Å². The zero-order valence-corrected chi connectivity index (χ0v) is 15.2. The Morgan fingerprint density at radius 1 is 1.23 bits per heavy atom. The van der Waals surface area contributed by atoms with Crippen molar-refractivity contribution in [3.05, 3.63) is 58.6 Å². The van der Waals surface area contributed by atoms with Crippen molar-refractivity contribution in [2.75, 3.05) is 13.7 Å². The molecule has 0 bridgehead atoms. The highest BCUT2D eigenvalue weighted by Gasteiger charge is 2.23. The number of aliphatic carboxylic acids is 1. The zero-order valence-electron chi connectivity index (χ0n) is 14.5. The quantitative estimate of drug-likeness (QED) is 0.738. The summed E-state index contributed by atoms with van der Waals surface area (Å²) in [7, 11) is 1.44. The lowest BCUT2D eigenvalue weighted by atomic mass is 10.1. The summed E-state index contributed by atoms with van der Waals surface area (Å²) in [4.78, 5) is 24.0. The Morgan fingerprint density at radius 3 is 2.50 bits per heavy atom. The van der Waals surface area contributed by atoms with Crippen molar-refractivity contribution in [2.24, 2.45) is 0 Å². The van der Waals surface area contributed by atoms with E-state index in [1.54, 1.807) is 19.1 Å². The number of benzene rings is 2. The van der Waals surface area contributed by atoms with Gasteiger partial charge in [-0.25, -0.2) is 4.79 Å². The molecule has 0 saturated heterocycles. The topological polar surface area (TPSA) is 84.9 Å². The summed E-state index contributed by atoms with van der Waals surface area (Å²) in [6.07, 6.45) is 0.170. The summed E-state index contributed by atoms with van der Waals surface area (Å²) in [5.41, 5.74) is 0.997. The van der Waals surface area contributed by atoms with Crippen LogP contribution in [-0.4, -0.2) is 36.7 Å². The minimum Gasteiger partial charge on any atom is -0.493 e. The van der Waals surface area contributed by atoms with Crippen LogP contribution in [0, 0.1) is 0 Å². The fourth-order valence-corrected chi connectivity index (χ4v) is 2.69. The van der Waals surface area contributed by atoms with Gasteiger partial charge in [0, 0.05) is 12.0 Å². The van der Waals surface area contributed by atoms with Gasteiger partial charge in [0.05, 0.1) is 18.7 Å². The molecule has 0 radical (unpaired) electrons. The molecule has 0 aliphatic heterocycles. The van der Waals surface area contributed by atoms with Crippen LogP contribution in [0.25, 0.3) is 0 Å². The average molecular weight is 378 g/mol. The number of nitrogens with one attached hydrogen (secondary N) is 1. The molecule has 2 aromatic rings. The van der Waals surface area contributed by atoms with Crippen molar-refractivity contribution in [1.82, 2.24) is 5.32 Å². The summed E-state index contributed by atoms with van der Waals surface area (Å²) in [6, 6.07) is 10.9. The standard InChI is InChI=1S/C19H20ClNO5/c1-3-26-17-14(20)10-13(11-16(17)25-2)18(22)21-15(19(23)24)9-12-7-5-4-6-8-12/h4-8,10-11,15H,3,9H2,1-2H3,(H,21,22)(H,23,24)/t15-/m1/s1. The number of carboxylic acid groups (broad SMARTS) is 1. The van der Waals surface area contributed by atoms with Gasteiger partial charge in [0.1, 0.15) is 6.04 Å². The monoisotopic (exact) mass is 377 g/mol. The molecule has 138 valence electrons.